The van der Waals surface area contributed by atoms with Crippen LogP contribution in [0.4, 0.5) is 0 Å². The Labute approximate surface area is 60.5 Å². The Morgan fingerprint density at radius 2 is 2.20 bits per heavy atom. The summed E-state index contributed by atoms with van der Waals surface area (Å²) in [7, 11) is 1.17. The molecule has 0 amide bonds. The number of carbonyl (C=O) groups excluding carboxylic acids is 1. The highest BCUT2D eigenvalue weighted by Crippen LogP contribution is 2.22. The van der Waals surface area contributed by atoms with Crippen molar-refractivity contribution >= 4 is 20.1 Å². The van der Waals surface area contributed by atoms with Crippen molar-refractivity contribution in [1.82, 2.24) is 0 Å². The summed E-state index contributed by atoms with van der Waals surface area (Å²) in [4.78, 5) is 11.0. The zero-order chi connectivity index (χ0) is 6.97. The molecule has 0 saturated heterocycles. The fourth-order valence-corrected chi connectivity index (χ4v) is 1.73. The van der Waals surface area contributed by atoms with Gasteiger partial charge in [0.2, 0.25) is 0 Å². The van der Waals surface area contributed by atoms with E-state index in [9.17, 15) is 4.79 Å². The molecule has 0 unspecified atom stereocenters. The quantitative estimate of drug-likeness (QED) is 0.552. The van der Waals surface area contributed by atoms with E-state index in [1.807, 2.05) is 23.7 Å². The molecular formula is C8H5OP. The maximum absolute atomic E-state index is 11.0. The second-order valence-corrected chi connectivity index (χ2v) is 3.01. The summed E-state index contributed by atoms with van der Waals surface area (Å²) in [6.07, 6.45) is 3.49. The summed E-state index contributed by atoms with van der Waals surface area (Å²) in [5, 5.41) is 0. The lowest BCUT2D eigenvalue weighted by Crippen LogP contribution is -1.88. The molecule has 0 bridgehead atoms. The molecule has 1 nitrogen and oxygen atoms in total. The van der Waals surface area contributed by atoms with Crippen molar-refractivity contribution < 1.29 is 4.79 Å². The Hall–Kier alpha value is -0.940. The van der Waals surface area contributed by atoms with Gasteiger partial charge in [-0.1, -0.05) is 8.19 Å². The van der Waals surface area contributed by atoms with Crippen molar-refractivity contribution in [3.63, 3.8) is 0 Å². The number of hydrogen-bond donors (Lipinski definition) is 0. The normalized spacial score (nSPS) is 14.6. The molecule has 48 valence electrons. The third-order valence-corrected chi connectivity index (χ3v) is 2.28. The molecule has 0 aromatic carbocycles. The Balaban J connectivity index is 2.70. The maximum atomic E-state index is 11.0. The van der Waals surface area contributed by atoms with Crippen LogP contribution < -0.4 is 0 Å². The molecule has 10 heavy (non-hydrogen) atoms. The first-order valence-corrected chi connectivity index (χ1v) is 4.07. The van der Waals surface area contributed by atoms with Crippen molar-refractivity contribution in [3.8, 4) is 0 Å². The summed E-state index contributed by atoms with van der Waals surface area (Å²) in [5.41, 5.74) is 1.92. The van der Waals surface area contributed by atoms with E-state index in [0.717, 1.165) is 11.1 Å². The fourth-order valence-electron chi connectivity index (χ4n) is 1.02. The summed E-state index contributed by atoms with van der Waals surface area (Å²) in [6, 6.07) is 1.89. The van der Waals surface area contributed by atoms with Crippen molar-refractivity contribution in [2.75, 3.05) is 0 Å². The van der Waals surface area contributed by atoms with Gasteiger partial charge in [0.1, 0.15) is 0 Å². The van der Waals surface area contributed by atoms with Crippen LogP contribution in [-0.2, 0) is 0 Å². The van der Waals surface area contributed by atoms with Crippen LogP contribution in [0.1, 0.15) is 15.9 Å². The Bertz CT molecular complexity index is 315. The molecule has 0 saturated carbocycles. The predicted octanol–water partition coefficient (Wildman–Crippen LogP) is 2.48. The largest absolute Gasteiger partial charge is 0.289 e. The molecule has 1 aromatic rings. The van der Waals surface area contributed by atoms with Crippen molar-refractivity contribution in [3.05, 3.63) is 34.9 Å². The zero-order valence-electron chi connectivity index (χ0n) is 5.24. The van der Waals surface area contributed by atoms with E-state index >= 15 is 0 Å². The Morgan fingerprint density at radius 3 is 3.00 bits per heavy atom. The van der Waals surface area contributed by atoms with Gasteiger partial charge >= 0.3 is 0 Å². The fraction of sp³-hybridized carbons (Fsp3) is 0. The van der Waals surface area contributed by atoms with Crippen LogP contribution in [0.15, 0.2) is 23.7 Å². The summed E-state index contributed by atoms with van der Waals surface area (Å²) >= 11 is 0. The monoisotopic (exact) mass is 148 g/mol. The van der Waals surface area contributed by atoms with Crippen LogP contribution in [0.5, 0.6) is 0 Å². The van der Waals surface area contributed by atoms with Crippen LogP contribution in [0.3, 0.4) is 0 Å². The molecule has 2 rings (SSSR count). The second-order valence-electron chi connectivity index (χ2n) is 2.16. The first-order valence-electron chi connectivity index (χ1n) is 3.04. The highest BCUT2D eigenvalue weighted by atomic mass is 31.0. The number of fused-ring (bicyclic) bond motifs is 1. The lowest BCUT2D eigenvalue weighted by molar-refractivity contribution is 0.105. The van der Waals surface area contributed by atoms with Gasteiger partial charge in [-0.05, 0) is 35.4 Å². The van der Waals surface area contributed by atoms with Crippen LogP contribution >= 0.6 is 8.19 Å². The molecule has 0 atom stereocenters. The average Bonchev–Trinajstić information content (AvgIpc) is 2.34. The highest BCUT2D eigenvalue weighted by Gasteiger charge is 2.10. The maximum Gasteiger partial charge on any atom is 0.186 e. The van der Waals surface area contributed by atoms with E-state index in [1.54, 1.807) is 6.08 Å². The van der Waals surface area contributed by atoms with Gasteiger partial charge in [-0.3, -0.25) is 4.79 Å². The summed E-state index contributed by atoms with van der Waals surface area (Å²) in [6.45, 7) is 0. The van der Waals surface area contributed by atoms with Gasteiger partial charge < -0.3 is 0 Å². The summed E-state index contributed by atoms with van der Waals surface area (Å²) < 4.78 is 0. The minimum Gasteiger partial charge on any atom is -0.289 e. The van der Waals surface area contributed by atoms with Crippen LogP contribution in [-0.4, -0.2) is 5.78 Å². The van der Waals surface area contributed by atoms with Gasteiger partial charge in [-0.2, -0.15) is 0 Å². The molecule has 1 heterocycles. The van der Waals surface area contributed by atoms with E-state index in [0.29, 0.717) is 0 Å². The minimum atomic E-state index is 0.136. The van der Waals surface area contributed by atoms with E-state index in [-0.39, 0.29) is 5.78 Å². The predicted molar refractivity (Wildman–Crippen MR) is 42.3 cm³/mol. The topological polar surface area (TPSA) is 17.1 Å². The van der Waals surface area contributed by atoms with Crippen LogP contribution in [0, 0.1) is 0 Å². The standard InChI is InChI=1S/C8H5OP/c9-8-2-1-6-5-10-4-3-7(6)8/h1-5H. The molecular weight excluding hydrogens is 143 g/mol. The van der Waals surface area contributed by atoms with E-state index < -0.39 is 0 Å². The molecule has 0 radical (unpaired) electrons. The molecule has 2 heteroatoms. The Kier molecular flexibility index (Phi) is 1.18. The van der Waals surface area contributed by atoms with Gasteiger partial charge in [0.15, 0.2) is 5.78 Å². The van der Waals surface area contributed by atoms with Gasteiger partial charge in [0.25, 0.3) is 0 Å². The number of rotatable bonds is 0. The van der Waals surface area contributed by atoms with Gasteiger partial charge in [0, 0.05) is 5.56 Å². The lowest BCUT2D eigenvalue weighted by Gasteiger charge is -1.91. The molecule has 1 aliphatic rings. The smallest absolute Gasteiger partial charge is 0.186 e. The van der Waals surface area contributed by atoms with Crippen LogP contribution in [0.25, 0.3) is 6.08 Å². The van der Waals surface area contributed by atoms with Crippen LogP contribution in [0.2, 0.25) is 0 Å². The van der Waals surface area contributed by atoms with E-state index in [2.05, 4.69) is 0 Å². The number of hydrogen-bond acceptors (Lipinski definition) is 1. The minimum absolute atomic E-state index is 0.136. The second kappa shape index (κ2) is 2.03. The van der Waals surface area contributed by atoms with E-state index in [1.165, 1.54) is 8.19 Å². The Morgan fingerprint density at radius 1 is 1.30 bits per heavy atom. The van der Waals surface area contributed by atoms with E-state index in [4.69, 9.17) is 0 Å². The summed E-state index contributed by atoms with van der Waals surface area (Å²) in [5.74, 6) is 4.15. The van der Waals surface area contributed by atoms with Crippen molar-refractivity contribution in [1.29, 1.82) is 0 Å². The zero-order valence-corrected chi connectivity index (χ0v) is 6.14. The average molecular weight is 148 g/mol. The SMILES string of the molecule is O=C1C=Cc2cpccc21. The first-order chi connectivity index (χ1) is 4.88. The number of carbonyl (C=O) groups is 1. The molecule has 0 spiro atoms. The third kappa shape index (κ3) is 0.714. The van der Waals surface area contributed by atoms with Gasteiger partial charge in [-0.25, -0.2) is 0 Å². The number of ketones is 1. The number of allylic oxidation sites excluding steroid dienone is 1. The third-order valence-electron chi connectivity index (χ3n) is 1.53. The highest BCUT2D eigenvalue weighted by molar-refractivity contribution is 7.28. The molecule has 1 aliphatic carbocycles. The molecule has 0 aliphatic heterocycles. The van der Waals surface area contributed by atoms with Gasteiger partial charge in [-0.15, -0.1) is 0 Å². The molecule has 0 fully saturated rings. The molecule has 1 aromatic heterocycles. The van der Waals surface area contributed by atoms with Crippen molar-refractivity contribution in [2.45, 2.75) is 0 Å². The molecule has 0 N–H and O–H groups in total. The van der Waals surface area contributed by atoms with Crippen molar-refractivity contribution in [2.24, 2.45) is 0 Å². The first kappa shape index (κ1) is 5.82. The lowest BCUT2D eigenvalue weighted by atomic mass is 10.2. The van der Waals surface area contributed by atoms with Gasteiger partial charge in [0.05, 0.1) is 0 Å².